The Morgan fingerprint density at radius 3 is 2.69 bits per heavy atom. The van der Waals surface area contributed by atoms with Crippen molar-refractivity contribution < 1.29 is 0 Å². The lowest BCUT2D eigenvalue weighted by Gasteiger charge is -2.35. The van der Waals surface area contributed by atoms with Crippen molar-refractivity contribution in [2.24, 2.45) is 0 Å². The summed E-state index contributed by atoms with van der Waals surface area (Å²) >= 11 is 4.29. The third kappa shape index (κ3) is 4.72. The van der Waals surface area contributed by atoms with Gasteiger partial charge < -0.3 is 5.32 Å². The maximum Gasteiger partial charge on any atom is 0.0317 e. The number of hydrogen-bond donors (Lipinski definition) is 1. The Hall–Kier alpha value is 0.400. The standard InChI is InChI=1S/C13H25NS2/c1-5-14-12(7-6-10(2)3)13-11(4)15-8-9-16-13/h11-14H,2,5-9H2,1,3-4H3. The molecule has 0 saturated carbocycles. The van der Waals surface area contributed by atoms with Gasteiger partial charge >= 0.3 is 0 Å². The molecule has 1 fully saturated rings. The van der Waals surface area contributed by atoms with Crippen molar-refractivity contribution in [2.75, 3.05) is 18.1 Å². The quantitative estimate of drug-likeness (QED) is 0.733. The van der Waals surface area contributed by atoms with E-state index < -0.39 is 0 Å². The van der Waals surface area contributed by atoms with Gasteiger partial charge in [-0.3, -0.25) is 0 Å². The van der Waals surface area contributed by atoms with Crippen LogP contribution in [0.5, 0.6) is 0 Å². The van der Waals surface area contributed by atoms with E-state index >= 15 is 0 Å². The Morgan fingerprint density at radius 2 is 2.12 bits per heavy atom. The number of rotatable bonds is 6. The van der Waals surface area contributed by atoms with E-state index in [1.54, 1.807) is 0 Å². The van der Waals surface area contributed by atoms with Crippen LogP contribution in [0.1, 0.15) is 33.6 Å². The van der Waals surface area contributed by atoms with Gasteiger partial charge in [0.05, 0.1) is 0 Å². The molecule has 0 spiro atoms. The molecule has 1 saturated heterocycles. The second-order valence-corrected chi connectivity index (χ2v) is 7.34. The summed E-state index contributed by atoms with van der Waals surface area (Å²) in [6.07, 6.45) is 2.40. The predicted molar refractivity (Wildman–Crippen MR) is 79.7 cm³/mol. The largest absolute Gasteiger partial charge is 0.313 e. The Morgan fingerprint density at radius 1 is 1.44 bits per heavy atom. The number of allylic oxidation sites excluding steroid dienone is 1. The van der Waals surface area contributed by atoms with E-state index in [0.29, 0.717) is 6.04 Å². The Kier molecular flexibility index (Phi) is 6.94. The fourth-order valence-corrected chi connectivity index (χ4v) is 5.14. The highest BCUT2D eigenvalue weighted by Crippen LogP contribution is 2.34. The minimum absolute atomic E-state index is 0.662. The topological polar surface area (TPSA) is 12.0 Å². The van der Waals surface area contributed by atoms with Crippen LogP contribution >= 0.6 is 23.5 Å². The molecule has 3 unspecified atom stereocenters. The molecule has 1 heterocycles. The van der Waals surface area contributed by atoms with Gasteiger partial charge in [0.1, 0.15) is 0 Å². The first kappa shape index (κ1) is 14.5. The summed E-state index contributed by atoms with van der Waals surface area (Å²) in [5.74, 6) is 2.64. The van der Waals surface area contributed by atoms with Crippen molar-refractivity contribution in [1.82, 2.24) is 5.32 Å². The average Bonchev–Trinajstić information content (AvgIpc) is 2.25. The predicted octanol–water partition coefficient (Wildman–Crippen LogP) is 3.56. The van der Waals surface area contributed by atoms with E-state index in [4.69, 9.17) is 0 Å². The molecule has 1 aliphatic heterocycles. The number of thioether (sulfide) groups is 2. The maximum absolute atomic E-state index is 4.01. The van der Waals surface area contributed by atoms with Crippen LogP contribution in [-0.2, 0) is 0 Å². The summed E-state index contributed by atoms with van der Waals surface area (Å²) in [4.78, 5) is 0. The Bertz CT molecular complexity index is 218. The molecule has 0 aromatic carbocycles. The zero-order valence-corrected chi connectivity index (χ0v) is 12.4. The van der Waals surface area contributed by atoms with Crippen LogP contribution in [0.2, 0.25) is 0 Å². The third-order valence-electron chi connectivity index (χ3n) is 2.98. The summed E-state index contributed by atoms with van der Waals surface area (Å²) in [7, 11) is 0. The van der Waals surface area contributed by atoms with Crippen LogP contribution in [0.3, 0.4) is 0 Å². The van der Waals surface area contributed by atoms with Crippen LogP contribution in [0.25, 0.3) is 0 Å². The van der Waals surface area contributed by atoms with Gasteiger partial charge in [-0.1, -0.05) is 19.4 Å². The number of nitrogens with one attached hydrogen (secondary N) is 1. The second kappa shape index (κ2) is 7.67. The van der Waals surface area contributed by atoms with Gasteiger partial charge in [0, 0.05) is 28.0 Å². The first-order valence-corrected chi connectivity index (χ1v) is 8.35. The van der Waals surface area contributed by atoms with Gasteiger partial charge in [0.25, 0.3) is 0 Å². The molecule has 1 nitrogen and oxygen atoms in total. The van der Waals surface area contributed by atoms with Crippen molar-refractivity contribution in [2.45, 2.75) is 50.2 Å². The van der Waals surface area contributed by atoms with Crippen molar-refractivity contribution in [3.63, 3.8) is 0 Å². The van der Waals surface area contributed by atoms with Gasteiger partial charge in [0.2, 0.25) is 0 Å². The van der Waals surface area contributed by atoms with Gasteiger partial charge in [-0.25, -0.2) is 0 Å². The van der Waals surface area contributed by atoms with E-state index in [9.17, 15) is 0 Å². The molecule has 0 aliphatic carbocycles. The molecule has 0 aromatic heterocycles. The second-order valence-electron chi connectivity index (χ2n) is 4.57. The summed E-state index contributed by atoms with van der Waals surface area (Å²) in [5, 5.41) is 5.22. The summed E-state index contributed by atoms with van der Waals surface area (Å²) in [5.41, 5.74) is 1.31. The summed E-state index contributed by atoms with van der Waals surface area (Å²) < 4.78 is 0. The molecular weight excluding hydrogens is 234 g/mol. The monoisotopic (exact) mass is 259 g/mol. The maximum atomic E-state index is 4.01. The fraction of sp³-hybridized carbons (Fsp3) is 0.846. The van der Waals surface area contributed by atoms with Gasteiger partial charge in [-0.05, 0) is 26.3 Å². The third-order valence-corrected chi connectivity index (χ3v) is 6.23. The molecule has 94 valence electrons. The van der Waals surface area contributed by atoms with Crippen molar-refractivity contribution in [1.29, 1.82) is 0 Å². The van der Waals surface area contributed by atoms with Crippen LogP contribution < -0.4 is 5.32 Å². The van der Waals surface area contributed by atoms with Crippen LogP contribution in [0.15, 0.2) is 12.2 Å². The van der Waals surface area contributed by atoms with Crippen molar-refractivity contribution in [3.8, 4) is 0 Å². The van der Waals surface area contributed by atoms with Crippen molar-refractivity contribution >= 4 is 23.5 Å². The van der Waals surface area contributed by atoms with E-state index in [-0.39, 0.29) is 0 Å². The molecule has 0 radical (unpaired) electrons. The normalized spacial score (nSPS) is 27.7. The van der Waals surface area contributed by atoms with Crippen LogP contribution in [-0.4, -0.2) is 34.6 Å². The molecule has 0 bridgehead atoms. The van der Waals surface area contributed by atoms with Crippen LogP contribution in [0.4, 0.5) is 0 Å². The molecule has 0 amide bonds. The molecule has 3 heteroatoms. The van der Waals surface area contributed by atoms with E-state index in [1.165, 1.54) is 23.5 Å². The molecule has 16 heavy (non-hydrogen) atoms. The van der Waals surface area contributed by atoms with Gasteiger partial charge in [-0.15, -0.1) is 6.58 Å². The number of hydrogen-bond acceptors (Lipinski definition) is 3. The first-order chi connectivity index (χ1) is 7.65. The summed E-state index contributed by atoms with van der Waals surface area (Å²) in [6.45, 7) is 11.8. The lowest BCUT2D eigenvalue weighted by atomic mass is 10.0. The SMILES string of the molecule is C=C(C)CCC(NCC)C1SCCSC1C. The van der Waals surface area contributed by atoms with E-state index in [1.807, 2.05) is 0 Å². The lowest BCUT2D eigenvalue weighted by molar-refractivity contribution is 0.473. The van der Waals surface area contributed by atoms with Crippen molar-refractivity contribution in [3.05, 3.63) is 12.2 Å². The average molecular weight is 259 g/mol. The van der Waals surface area contributed by atoms with E-state index in [0.717, 1.165) is 23.5 Å². The smallest absolute Gasteiger partial charge is 0.0317 e. The van der Waals surface area contributed by atoms with Gasteiger partial charge in [0.15, 0.2) is 0 Å². The highest BCUT2D eigenvalue weighted by atomic mass is 32.2. The fourth-order valence-electron chi connectivity index (χ4n) is 2.14. The summed E-state index contributed by atoms with van der Waals surface area (Å²) in [6, 6.07) is 0.662. The van der Waals surface area contributed by atoms with Gasteiger partial charge in [-0.2, -0.15) is 23.5 Å². The highest BCUT2D eigenvalue weighted by molar-refractivity contribution is 8.07. The van der Waals surface area contributed by atoms with E-state index in [2.05, 4.69) is 56.2 Å². The molecule has 1 rings (SSSR count). The lowest BCUT2D eigenvalue weighted by Crippen LogP contribution is -2.44. The minimum Gasteiger partial charge on any atom is -0.313 e. The molecule has 1 aliphatic rings. The molecular formula is C13H25NS2. The first-order valence-electron chi connectivity index (χ1n) is 6.26. The minimum atomic E-state index is 0.662. The molecule has 3 atom stereocenters. The Balaban J connectivity index is 2.49. The molecule has 0 aromatic rings. The highest BCUT2D eigenvalue weighted by Gasteiger charge is 2.29. The Labute approximate surface area is 109 Å². The zero-order valence-electron chi connectivity index (χ0n) is 10.8. The van der Waals surface area contributed by atoms with Crippen LogP contribution in [0, 0.1) is 0 Å². The zero-order chi connectivity index (χ0) is 12.0. The molecule has 1 N–H and O–H groups in total.